The van der Waals surface area contributed by atoms with E-state index in [1.165, 1.54) is 0 Å². The van der Waals surface area contributed by atoms with Gasteiger partial charge in [-0.3, -0.25) is 4.68 Å². The molecule has 0 fully saturated rings. The van der Waals surface area contributed by atoms with Crippen molar-refractivity contribution in [3.63, 3.8) is 0 Å². The summed E-state index contributed by atoms with van der Waals surface area (Å²) in [6.45, 7) is 5.08. The summed E-state index contributed by atoms with van der Waals surface area (Å²) in [7, 11) is 3.66. The minimum Gasteiger partial charge on any atom is -0.382 e. The van der Waals surface area contributed by atoms with E-state index in [1.54, 1.807) is 13.3 Å². The Morgan fingerprint density at radius 1 is 1.53 bits per heavy atom. The summed E-state index contributed by atoms with van der Waals surface area (Å²) in [4.78, 5) is 0. The van der Waals surface area contributed by atoms with Crippen molar-refractivity contribution in [3.8, 4) is 0 Å². The molecule has 0 aliphatic rings. The second-order valence-electron chi connectivity index (χ2n) is 4.24. The van der Waals surface area contributed by atoms with E-state index in [4.69, 9.17) is 16.3 Å². The molecule has 1 aromatic rings. The molecule has 0 aliphatic carbocycles. The van der Waals surface area contributed by atoms with Crippen LogP contribution in [0.3, 0.4) is 0 Å². The molecular formula is C12H22ClN3O. The Hall–Kier alpha value is -0.580. The highest BCUT2D eigenvalue weighted by atomic mass is 35.5. The van der Waals surface area contributed by atoms with Crippen LogP contribution in [0.4, 0.5) is 0 Å². The Morgan fingerprint density at radius 3 is 2.71 bits per heavy atom. The number of ether oxygens (including phenoxy) is 1. The molecule has 1 heterocycles. The van der Waals surface area contributed by atoms with Gasteiger partial charge in [0.05, 0.1) is 29.1 Å². The van der Waals surface area contributed by atoms with Gasteiger partial charge >= 0.3 is 0 Å². The lowest BCUT2D eigenvalue weighted by Crippen LogP contribution is -2.24. The molecule has 4 nitrogen and oxygen atoms in total. The Labute approximate surface area is 108 Å². The minimum absolute atomic E-state index is 0.234. The fourth-order valence-corrected chi connectivity index (χ4v) is 2.21. The van der Waals surface area contributed by atoms with Crippen molar-refractivity contribution >= 4 is 11.6 Å². The van der Waals surface area contributed by atoms with Gasteiger partial charge in [0.15, 0.2) is 0 Å². The third-order valence-electron chi connectivity index (χ3n) is 2.98. The fraction of sp³-hybridized carbons (Fsp3) is 0.750. The minimum atomic E-state index is 0.234. The van der Waals surface area contributed by atoms with E-state index in [0.29, 0.717) is 0 Å². The van der Waals surface area contributed by atoms with Gasteiger partial charge < -0.3 is 10.1 Å². The van der Waals surface area contributed by atoms with E-state index in [-0.39, 0.29) is 12.1 Å². The maximum absolute atomic E-state index is 6.17. The van der Waals surface area contributed by atoms with Gasteiger partial charge in [0.25, 0.3) is 0 Å². The molecule has 0 saturated carbocycles. The van der Waals surface area contributed by atoms with Gasteiger partial charge in [-0.25, -0.2) is 0 Å². The maximum Gasteiger partial charge on any atom is 0.0833 e. The highest BCUT2D eigenvalue weighted by Crippen LogP contribution is 2.26. The molecule has 0 saturated heterocycles. The number of aryl methyl sites for hydroxylation is 1. The van der Waals surface area contributed by atoms with Crippen LogP contribution in [0.25, 0.3) is 0 Å². The smallest absolute Gasteiger partial charge is 0.0833 e. The van der Waals surface area contributed by atoms with Crippen LogP contribution in [0.2, 0.25) is 5.02 Å². The first-order valence-corrected chi connectivity index (χ1v) is 6.41. The molecule has 0 aliphatic heterocycles. The largest absolute Gasteiger partial charge is 0.382 e. The van der Waals surface area contributed by atoms with Crippen LogP contribution in [-0.4, -0.2) is 29.5 Å². The van der Waals surface area contributed by atoms with Crippen molar-refractivity contribution in [2.24, 2.45) is 7.05 Å². The van der Waals surface area contributed by atoms with Gasteiger partial charge in [-0.2, -0.15) is 5.10 Å². The number of rotatable bonds is 7. The lowest BCUT2D eigenvalue weighted by atomic mass is 10.1. The Kier molecular flexibility index (Phi) is 5.95. The van der Waals surface area contributed by atoms with Gasteiger partial charge in [0, 0.05) is 14.2 Å². The lowest BCUT2D eigenvalue weighted by Gasteiger charge is -2.20. The first kappa shape index (κ1) is 14.5. The first-order valence-electron chi connectivity index (χ1n) is 6.03. The van der Waals surface area contributed by atoms with Crippen LogP contribution in [0.15, 0.2) is 6.20 Å². The molecular weight excluding hydrogens is 238 g/mol. The molecule has 0 radical (unpaired) electrons. The van der Waals surface area contributed by atoms with Gasteiger partial charge in [0.1, 0.15) is 0 Å². The molecule has 5 heteroatoms. The van der Waals surface area contributed by atoms with Gasteiger partial charge in [-0.15, -0.1) is 0 Å². The summed E-state index contributed by atoms with van der Waals surface area (Å²) in [5.41, 5.74) is 1.05. The Morgan fingerprint density at radius 2 is 2.24 bits per heavy atom. The van der Waals surface area contributed by atoms with Gasteiger partial charge in [-0.05, 0) is 26.3 Å². The Balaban J connectivity index is 2.72. The van der Waals surface area contributed by atoms with Gasteiger partial charge in [-0.1, -0.05) is 18.5 Å². The van der Waals surface area contributed by atoms with E-state index in [2.05, 4.69) is 24.3 Å². The average Bonchev–Trinajstić information content (AvgIpc) is 2.64. The van der Waals surface area contributed by atoms with Crippen LogP contribution in [-0.2, 0) is 11.8 Å². The van der Waals surface area contributed by atoms with E-state index in [1.807, 2.05) is 11.7 Å². The SMILES string of the molecule is CCNC(CCC(C)OC)c1c(Cl)cnn1C. The van der Waals surface area contributed by atoms with Crippen molar-refractivity contribution in [1.29, 1.82) is 0 Å². The third kappa shape index (κ3) is 3.98. The molecule has 0 bridgehead atoms. The Bertz CT molecular complexity index is 321. The summed E-state index contributed by atoms with van der Waals surface area (Å²) in [5.74, 6) is 0. The molecule has 1 aromatic heterocycles. The van der Waals surface area contributed by atoms with Crippen molar-refractivity contribution in [1.82, 2.24) is 15.1 Å². The monoisotopic (exact) mass is 259 g/mol. The predicted octanol–water partition coefficient (Wildman–Crippen LogP) is 2.54. The summed E-state index contributed by atoms with van der Waals surface area (Å²) < 4.78 is 7.11. The number of hydrogen-bond acceptors (Lipinski definition) is 3. The highest BCUT2D eigenvalue weighted by Gasteiger charge is 2.18. The normalized spacial score (nSPS) is 14.9. The van der Waals surface area contributed by atoms with Crippen molar-refractivity contribution in [2.45, 2.75) is 38.8 Å². The third-order valence-corrected chi connectivity index (χ3v) is 3.27. The summed E-state index contributed by atoms with van der Waals surface area (Å²) >= 11 is 6.17. The molecule has 0 amide bonds. The van der Waals surface area contributed by atoms with Crippen molar-refractivity contribution in [3.05, 3.63) is 16.9 Å². The fourth-order valence-electron chi connectivity index (χ4n) is 1.91. The number of hydrogen-bond donors (Lipinski definition) is 1. The molecule has 1 rings (SSSR count). The second kappa shape index (κ2) is 6.99. The first-order chi connectivity index (χ1) is 8.10. The summed E-state index contributed by atoms with van der Waals surface area (Å²) in [6, 6.07) is 0.234. The molecule has 17 heavy (non-hydrogen) atoms. The second-order valence-corrected chi connectivity index (χ2v) is 4.64. The van der Waals surface area contributed by atoms with Crippen molar-refractivity contribution < 1.29 is 4.74 Å². The van der Waals surface area contributed by atoms with Crippen LogP contribution >= 0.6 is 11.6 Å². The van der Waals surface area contributed by atoms with E-state index < -0.39 is 0 Å². The zero-order valence-electron chi connectivity index (χ0n) is 11.0. The summed E-state index contributed by atoms with van der Waals surface area (Å²) in [5, 5.41) is 8.35. The number of nitrogens with one attached hydrogen (secondary N) is 1. The number of halogens is 1. The quantitative estimate of drug-likeness (QED) is 0.818. The maximum atomic E-state index is 6.17. The number of methoxy groups -OCH3 is 1. The zero-order chi connectivity index (χ0) is 12.8. The van der Waals surface area contributed by atoms with Crippen LogP contribution < -0.4 is 5.32 Å². The topological polar surface area (TPSA) is 39.1 Å². The van der Waals surface area contributed by atoms with E-state index in [0.717, 1.165) is 30.1 Å². The van der Waals surface area contributed by atoms with E-state index in [9.17, 15) is 0 Å². The molecule has 1 N–H and O–H groups in total. The zero-order valence-corrected chi connectivity index (χ0v) is 11.8. The molecule has 0 spiro atoms. The number of aromatic nitrogens is 2. The molecule has 2 atom stereocenters. The van der Waals surface area contributed by atoms with Gasteiger partial charge in [0.2, 0.25) is 0 Å². The average molecular weight is 260 g/mol. The van der Waals surface area contributed by atoms with Crippen molar-refractivity contribution in [2.75, 3.05) is 13.7 Å². The van der Waals surface area contributed by atoms with Crippen LogP contribution in [0.5, 0.6) is 0 Å². The molecule has 0 aromatic carbocycles. The lowest BCUT2D eigenvalue weighted by molar-refractivity contribution is 0.106. The highest BCUT2D eigenvalue weighted by molar-refractivity contribution is 6.31. The van der Waals surface area contributed by atoms with Crippen LogP contribution in [0, 0.1) is 0 Å². The van der Waals surface area contributed by atoms with Crippen LogP contribution in [0.1, 0.15) is 38.4 Å². The summed E-state index contributed by atoms with van der Waals surface area (Å²) in [6.07, 6.45) is 3.95. The standard InChI is InChI=1S/C12H22ClN3O/c1-5-14-11(7-6-9(2)17-4)12-10(13)8-15-16(12)3/h8-9,11,14H,5-7H2,1-4H3. The molecule has 98 valence electrons. The number of nitrogens with zero attached hydrogens (tertiary/aromatic N) is 2. The predicted molar refractivity (Wildman–Crippen MR) is 70.3 cm³/mol. The van der Waals surface area contributed by atoms with E-state index >= 15 is 0 Å². The molecule has 2 unspecified atom stereocenters.